The van der Waals surface area contributed by atoms with Gasteiger partial charge in [0.15, 0.2) is 0 Å². The summed E-state index contributed by atoms with van der Waals surface area (Å²) in [6.07, 6.45) is 0.475. The first kappa shape index (κ1) is 18.0. The van der Waals surface area contributed by atoms with Crippen LogP contribution in [0.15, 0.2) is 18.2 Å². The van der Waals surface area contributed by atoms with Crippen molar-refractivity contribution in [3.8, 4) is 0 Å². The maximum absolute atomic E-state index is 12.0. The van der Waals surface area contributed by atoms with Crippen molar-refractivity contribution in [2.75, 3.05) is 11.9 Å². The standard InChI is InChI=1S/C19H30N2O2/c1-12(22)10-18(3,4)11-20-13(2)14-7-8-16-15(9-14)19(5,6)17(23)21-16/h7-9,12-13,20,22H,10-11H2,1-6H3,(H,21,23). The molecule has 2 rings (SSSR count). The van der Waals surface area contributed by atoms with E-state index in [4.69, 9.17) is 0 Å². The smallest absolute Gasteiger partial charge is 0.234 e. The fourth-order valence-corrected chi connectivity index (χ4v) is 3.28. The van der Waals surface area contributed by atoms with E-state index in [1.54, 1.807) is 0 Å². The van der Waals surface area contributed by atoms with Gasteiger partial charge in [0.2, 0.25) is 5.91 Å². The van der Waals surface area contributed by atoms with E-state index in [0.717, 1.165) is 24.2 Å². The number of aliphatic hydroxyl groups excluding tert-OH is 1. The molecule has 0 bridgehead atoms. The summed E-state index contributed by atoms with van der Waals surface area (Å²) in [7, 11) is 0. The van der Waals surface area contributed by atoms with Gasteiger partial charge in [-0.1, -0.05) is 26.0 Å². The minimum atomic E-state index is -0.476. The molecule has 2 atom stereocenters. The van der Waals surface area contributed by atoms with Crippen LogP contribution < -0.4 is 10.6 Å². The molecule has 1 amide bonds. The van der Waals surface area contributed by atoms with Crippen molar-refractivity contribution in [3.63, 3.8) is 0 Å². The number of fused-ring (bicyclic) bond motifs is 1. The third-order valence-electron chi connectivity index (χ3n) is 4.77. The summed E-state index contributed by atoms with van der Waals surface area (Å²) in [4.78, 5) is 12.0. The number of carbonyl (C=O) groups excluding carboxylic acids is 1. The highest BCUT2D eigenvalue weighted by atomic mass is 16.3. The lowest BCUT2D eigenvalue weighted by Gasteiger charge is -2.29. The zero-order valence-electron chi connectivity index (χ0n) is 15.2. The van der Waals surface area contributed by atoms with Crippen molar-refractivity contribution in [2.24, 2.45) is 5.41 Å². The molecule has 0 radical (unpaired) electrons. The minimum Gasteiger partial charge on any atom is -0.393 e. The van der Waals surface area contributed by atoms with Crippen LogP contribution in [-0.2, 0) is 10.2 Å². The zero-order valence-corrected chi connectivity index (χ0v) is 15.2. The molecule has 2 unspecified atom stereocenters. The molecule has 0 aromatic heterocycles. The van der Waals surface area contributed by atoms with Gasteiger partial charge in [-0.15, -0.1) is 0 Å². The van der Waals surface area contributed by atoms with E-state index in [1.807, 2.05) is 26.8 Å². The van der Waals surface area contributed by atoms with Crippen molar-refractivity contribution in [2.45, 2.75) is 65.5 Å². The first-order chi connectivity index (χ1) is 10.5. The first-order valence-electron chi connectivity index (χ1n) is 8.40. The van der Waals surface area contributed by atoms with Crippen LogP contribution in [0.4, 0.5) is 5.69 Å². The Kier molecular flexibility index (Phi) is 4.88. The Morgan fingerprint density at radius 3 is 2.57 bits per heavy atom. The number of benzene rings is 1. The lowest BCUT2D eigenvalue weighted by Crippen LogP contribution is -2.33. The minimum absolute atomic E-state index is 0.0376. The summed E-state index contributed by atoms with van der Waals surface area (Å²) < 4.78 is 0. The summed E-state index contributed by atoms with van der Waals surface area (Å²) in [6.45, 7) is 13.0. The summed E-state index contributed by atoms with van der Waals surface area (Å²) in [5.41, 5.74) is 2.73. The lowest BCUT2D eigenvalue weighted by molar-refractivity contribution is -0.119. The van der Waals surface area contributed by atoms with E-state index in [1.165, 1.54) is 5.56 Å². The van der Waals surface area contributed by atoms with E-state index in [9.17, 15) is 9.90 Å². The Balaban J connectivity index is 2.09. The number of carbonyl (C=O) groups is 1. The molecule has 23 heavy (non-hydrogen) atoms. The average Bonchev–Trinajstić information content (AvgIpc) is 2.65. The van der Waals surface area contributed by atoms with E-state index in [-0.39, 0.29) is 23.5 Å². The van der Waals surface area contributed by atoms with Gasteiger partial charge in [0.25, 0.3) is 0 Å². The first-order valence-corrected chi connectivity index (χ1v) is 8.40. The molecule has 128 valence electrons. The number of nitrogens with one attached hydrogen (secondary N) is 2. The molecule has 1 heterocycles. The maximum Gasteiger partial charge on any atom is 0.234 e. The number of amides is 1. The number of hydrogen-bond acceptors (Lipinski definition) is 3. The third-order valence-corrected chi connectivity index (χ3v) is 4.77. The monoisotopic (exact) mass is 318 g/mol. The third kappa shape index (κ3) is 3.93. The van der Waals surface area contributed by atoms with Crippen LogP contribution in [0.25, 0.3) is 0 Å². The average molecular weight is 318 g/mol. The molecule has 4 nitrogen and oxygen atoms in total. The number of rotatable bonds is 6. The normalized spacial score (nSPS) is 19.2. The molecule has 0 spiro atoms. The van der Waals surface area contributed by atoms with Gasteiger partial charge >= 0.3 is 0 Å². The Hall–Kier alpha value is -1.39. The van der Waals surface area contributed by atoms with Crippen LogP contribution in [0.3, 0.4) is 0 Å². The van der Waals surface area contributed by atoms with Gasteiger partial charge in [-0.05, 0) is 56.7 Å². The van der Waals surface area contributed by atoms with Gasteiger partial charge in [-0.3, -0.25) is 4.79 Å². The Bertz CT molecular complexity index is 591. The van der Waals surface area contributed by atoms with Crippen molar-refractivity contribution in [3.05, 3.63) is 29.3 Å². The molecule has 0 aliphatic carbocycles. The van der Waals surface area contributed by atoms with E-state index < -0.39 is 5.41 Å². The second-order valence-corrected chi connectivity index (χ2v) is 8.20. The summed E-state index contributed by atoms with van der Waals surface area (Å²) in [5, 5.41) is 16.1. The molecule has 0 saturated heterocycles. The molecule has 4 heteroatoms. The SMILES string of the molecule is CC(O)CC(C)(C)CNC(C)c1ccc2c(c1)C(C)(C)C(=O)N2. The number of anilines is 1. The molecule has 3 N–H and O–H groups in total. The van der Waals surface area contributed by atoms with Gasteiger partial charge in [0, 0.05) is 18.3 Å². The summed E-state index contributed by atoms with van der Waals surface area (Å²) in [5.74, 6) is 0.0586. The lowest BCUT2D eigenvalue weighted by atomic mass is 9.84. The van der Waals surface area contributed by atoms with Crippen LogP contribution in [-0.4, -0.2) is 23.7 Å². The highest BCUT2D eigenvalue weighted by molar-refractivity contribution is 6.05. The zero-order chi connectivity index (χ0) is 17.4. The van der Waals surface area contributed by atoms with Crippen LogP contribution in [0, 0.1) is 5.41 Å². The van der Waals surface area contributed by atoms with Crippen LogP contribution in [0.1, 0.15) is 65.1 Å². The van der Waals surface area contributed by atoms with Gasteiger partial charge in [0.1, 0.15) is 0 Å². The number of aliphatic hydroxyl groups is 1. The summed E-state index contributed by atoms with van der Waals surface area (Å²) in [6, 6.07) is 6.39. The fraction of sp³-hybridized carbons (Fsp3) is 0.632. The molecule has 1 aromatic carbocycles. The van der Waals surface area contributed by atoms with Crippen LogP contribution >= 0.6 is 0 Å². The van der Waals surface area contributed by atoms with Gasteiger partial charge in [0.05, 0.1) is 11.5 Å². The predicted octanol–water partition coefficient (Wildman–Crippen LogP) is 3.36. The molecule has 1 aliphatic heterocycles. The highest BCUT2D eigenvalue weighted by Crippen LogP contribution is 2.38. The van der Waals surface area contributed by atoms with Crippen molar-refractivity contribution in [1.29, 1.82) is 0 Å². The second-order valence-electron chi connectivity index (χ2n) is 8.20. The van der Waals surface area contributed by atoms with Crippen molar-refractivity contribution in [1.82, 2.24) is 5.32 Å². The second kappa shape index (κ2) is 6.25. The Morgan fingerprint density at radius 1 is 1.30 bits per heavy atom. The Labute approximate surface area is 139 Å². The molecule has 0 saturated carbocycles. The Morgan fingerprint density at radius 2 is 1.96 bits per heavy atom. The van der Waals surface area contributed by atoms with Crippen molar-refractivity contribution >= 4 is 11.6 Å². The largest absolute Gasteiger partial charge is 0.393 e. The van der Waals surface area contributed by atoms with E-state index >= 15 is 0 Å². The van der Waals surface area contributed by atoms with Crippen LogP contribution in [0.5, 0.6) is 0 Å². The molecule has 1 aromatic rings. The maximum atomic E-state index is 12.0. The fourth-order valence-electron chi connectivity index (χ4n) is 3.28. The van der Waals surface area contributed by atoms with Gasteiger partial charge < -0.3 is 15.7 Å². The van der Waals surface area contributed by atoms with Crippen LogP contribution in [0.2, 0.25) is 0 Å². The number of hydrogen-bond donors (Lipinski definition) is 3. The summed E-state index contributed by atoms with van der Waals surface area (Å²) >= 11 is 0. The highest BCUT2D eigenvalue weighted by Gasteiger charge is 2.38. The van der Waals surface area contributed by atoms with Gasteiger partial charge in [-0.2, -0.15) is 0 Å². The quantitative estimate of drug-likeness (QED) is 0.753. The van der Waals surface area contributed by atoms with Crippen molar-refractivity contribution < 1.29 is 9.90 Å². The molecule has 1 aliphatic rings. The van der Waals surface area contributed by atoms with E-state index in [2.05, 4.69) is 43.5 Å². The predicted molar refractivity (Wildman–Crippen MR) is 94.6 cm³/mol. The van der Waals surface area contributed by atoms with E-state index in [0.29, 0.717) is 0 Å². The van der Waals surface area contributed by atoms with Gasteiger partial charge in [-0.25, -0.2) is 0 Å². The molecule has 0 fully saturated rings. The topological polar surface area (TPSA) is 61.4 Å². The molecular formula is C19H30N2O2. The molecular weight excluding hydrogens is 288 g/mol.